The van der Waals surface area contributed by atoms with Crippen LogP contribution in [0.4, 0.5) is 5.82 Å². The molecule has 6 heteroatoms. The van der Waals surface area contributed by atoms with Gasteiger partial charge in [-0.15, -0.1) is 0 Å². The Morgan fingerprint density at radius 2 is 2.00 bits per heavy atom. The molecule has 0 saturated carbocycles. The van der Waals surface area contributed by atoms with Crippen LogP contribution in [0.15, 0.2) is 0 Å². The van der Waals surface area contributed by atoms with Gasteiger partial charge in [-0.3, -0.25) is 0 Å². The third kappa shape index (κ3) is 3.01. The predicted octanol–water partition coefficient (Wildman–Crippen LogP) is 2.20. The monoisotopic (exact) mass is 292 g/mol. The number of aromatic nitrogens is 3. The van der Waals surface area contributed by atoms with E-state index in [4.69, 9.17) is 15.2 Å². The van der Waals surface area contributed by atoms with Crippen molar-refractivity contribution < 1.29 is 9.47 Å². The number of nitrogens with zero attached hydrogens (tertiary/aromatic N) is 3. The number of nitrogens with two attached hydrogens (primary N) is 1. The zero-order valence-electron chi connectivity index (χ0n) is 13.4. The van der Waals surface area contributed by atoms with Crippen molar-refractivity contribution in [3.05, 3.63) is 17.1 Å². The van der Waals surface area contributed by atoms with Gasteiger partial charge in [-0.2, -0.15) is 0 Å². The van der Waals surface area contributed by atoms with Crippen LogP contribution in [-0.2, 0) is 22.6 Å². The fourth-order valence-corrected chi connectivity index (χ4v) is 2.38. The van der Waals surface area contributed by atoms with E-state index in [2.05, 4.69) is 14.5 Å². The third-order valence-corrected chi connectivity index (χ3v) is 3.75. The van der Waals surface area contributed by atoms with Crippen LogP contribution < -0.4 is 5.73 Å². The number of aryl methyl sites for hydroxylation is 2. The largest absolute Gasteiger partial charge is 0.382 e. The molecule has 2 aromatic rings. The Balaban J connectivity index is 2.62. The first-order chi connectivity index (χ1) is 9.99. The Hall–Kier alpha value is -1.66. The Bertz CT molecular complexity index is 636. The normalized spacial score (nSPS) is 13.0. The van der Waals surface area contributed by atoms with E-state index in [-0.39, 0.29) is 6.10 Å². The van der Waals surface area contributed by atoms with Gasteiger partial charge >= 0.3 is 0 Å². The van der Waals surface area contributed by atoms with Crippen LogP contribution in [0.5, 0.6) is 0 Å². The van der Waals surface area contributed by atoms with Gasteiger partial charge in [0.15, 0.2) is 5.82 Å². The number of anilines is 1. The average molecular weight is 292 g/mol. The molecule has 6 nitrogen and oxygen atoms in total. The van der Waals surface area contributed by atoms with Gasteiger partial charge in [0.1, 0.15) is 17.9 Å². The van der Waals surface area contributed by atoms with Gasteiger partial charge in [-0.25, -0.2) is 9.97 Å². The molecule has 0 aromatic carbocycles. The van der Waals surface area contributed by atoms with Crippen LogP contribution in [0.2, 0.25) is 0 Å². The summed E-state index contributed by atoms with van der Waals surface area (Å²) < 4.78 is 13.1. The van der Waals surface area contributed by atoms with Crippen molar-refractivity contribution in [2.75, 3.05) is 19.5 Å². The van der Waals surface area contributed by atoms with Gasteiger partial charge in [0.05, 0.1) is 18.2 Å². The molecule has 2 N–H and O–H groups in total. The van der Waals surface area contributed by atoms with Gasteiger partial charge in [-0.1, -0.05) is 0 Å². The fraction of sp³-hybridized carbons (Fsp3) is 0.600. The van der Waals surface area contributed by atoms with E-state index in [1.54, 1.807) is 7.11 Å². The smallest absolute Gasteiger partial charge is 0.151 e. The maximum atomic E-state index is 6.04. The first kappa shape index (κ1) is 15.7. The molecular formula is C15H24N4O2. The zero-order valence-corrected chi connectivity index (χ0v) is 13.4. The molecule has 116 valence electrons. The van der Waals surface area contributed by atoms with E-state index in [1.807, 2.05) is 27.7 Å². The lowest BCUT2D eigenvalue weighted by Crippen LogP contribution is -2.17. The van der Waals surface area contributed by atoms with Gasteiger partial charge in [0.2, 0.25) is 0 Å². The molecule has 2 rings (SSSR count). The number of ether oxygens (including phenoxy) is 2. The lowest BCUT2D eigenvalue weighted by atomic mass is 10.2. The van der Waals surface area contributed by atoms with E-state index in [0.29, 0.717) is 25.6 Å². The highest BCUT2D eigenvalue weighted by atomic mass is 16.5. The summed E-state index contributed by atoms with van der Waals surface area (Å²) in [5.41, 5.74) is 9.83. The molecule has 0 fully saturated rings. The number of methoxy groups -OCH3 is 1. The number of nitrogen functional groups attached to an aromatic ring is 1. The van der Waals surface area contributed by atoms with E-state index >= 15 is 0 Å². The SMILES string of the molecule is CCOCc1nc2c(N)nc(C)c(C)c2n1CC(C)OC. The molecular weight excluding hydrogens is 268 g/mol. The van der Waals surface area contributed by atoms with Gasteiger partial charge in [-0.05, 0) is 33.3 Å². The van der Waals surface area contributed by atoms with Crippen molar-refractivity contribution in [3.8, 4) is 0 Å². The molecule has 0 saturated heterocycles. The molecule has 0 spiro atoms. The zero-order chi connectivity index (χ0) is 15.6. The summed E-state index contributed by atoms with van der Waals surface area (Å²) >= 11 is 0. The maximum Gasteiger partial charge on any atom is 0.151 e. The number of fused-ring (bicyclic) bond motifs is 1. The highest BCUT2D eigenvalue weighted by Crippen LogP contribution is 2.26. The topological polar surface area (TPSA) is 75.2 Å². The molecule has 0 aliphatic heterocycles. The van der Waals surface area contributed by atoms with Gasteiger partial charge < -0.3 is 19.8 Å². The van der Waals surface area contributed by atoms with E-state index in [0.717, 1.165) is 28.1 Å². The van der Waals surface area contributed by atoms with Crippen LogP contribution in [-0.4, -0.2) is 34.4 Å². The van der Waals surface area contributed by atoms with Crippen LogP contribution in [0.3, 0.4) is 0 Å². The molecule has 2 aromatic heterocycles. The van der Waals surface area contributed by atoms with Crippen molar-refractivity contribution >= 4 is 16.9 Å². The van der Waals surface area contributed by atoms with E-state index in [9.17, 15) is 0 Å². The quantitative estimate of drug-likeness (QED) is 0.883. The van der Waals surface area contributed by atoms with Crippen molar-refractivity contribution in [1.29, 1.82) is 0 Å². The van der Waals surface area contributed by atoms with Gasteiger partial charge in [0, 0.05) is 19.4 Å². The summed E-state index contributed by atoms with van der Waals surface area (Å²) in [4.78, 5) is 9.00. The summed E-state index contributed by atoms with van der Waals surface area (Å²) in [6, 6.07) is 0. The van der Waals surface area contributed by atoms with Crippen molar-refractivity contribution in [2.24, 2.45) is 0 Å². The van der Waals surface area contributed by atoms with Crippen molar-refractivity contribution in [1.82, 2.24) is 14.5 Å². The first-order valence-electron chi connectivity index (χ1n) is 7.21. The molecule has 0 amide bonds. The molecule has 0 bridgehead atoms. The molecule has 1 unspecified atom stereocenters. The standard InChI is InChI=1S/C15H24N4O2/c1-6-21-8-12-18-13-14(19(12)7-9(2)20-5)10(3)11(4)17-15(13)16/h9H,6-8H2,1-5H3,(H2,16,17). The number of imidazole rings is 1. The molecule has 21 heavy (non-hydrogen) atoms. The Kier molecular flexibility index (Phi) is 4.80. The summed E-state index contributed by atoms with van der Waals surface area (Å²) in [6.07, 6.45) is 0.0804. The predicted molar refractivity (Wildman–Crippen MR) is 83.2 cm³/mol. The van der Waals surface area contributed by atoms with Crippen LogP contribution >= 0.6 is 0 Å². The minimum absolute atomic E-state index is 0.0804. The first-order valence-corrected chi connectivity index (χ1v) is 7.21. The van der Waals surface area contributed by atoms with Gasteiger partial charge in [0.25, 0.3) is 0 Å². The highest BCUT2D eigenvalue weighted by molar-refractivity contribution is 5.88. The van der Waals surface area contributed by atoms with Crippen LogP contribution in [0.25, 0.3) is 11.0 Å². The summed E-state index contributed by atoms with van der Waals surface area (Å²) in [5, 5.41) is 0. The Morgan fingerprint density at radius 3 is 2.62 bits per heavy atom. The highest BCUT2D eigenvalue weighted by Gasteiger charge is 2.18. The van der Waals surface area contributed by atoms with E-state index in [1.165, 1.54) is 0 Å². The number of hydrogen-bond acceptors (Lipinski definition) is 5. The molecule has 1 atom stereocenters. The molecule has 0 aliphatic rings. The van der Waals surface area contributed by atoms with Crippen LogP contribution in [0, 0.1) is 13.8 Å². The molecule has 0 aliphatic carbocycles. The van der Waals surface area contributed by atoms with Crippen molar-refractivity contribution in [3.63, 3.8) is 0 Å². The Labute approximate surface area is 125 Å². The lowest BCUT2D eigenvalue weighted by molar-refractivity contribution is 0.0959. The molecule has 2 heterocycles. The summed E-state index contributed by atoms with van der Waals surface area (Å²) in [7, 11) is 1.71. The second-order valence-electron chi connectivity index (χ2n) is 5.23. The summed E-state index contributed by atoms with van der Waals surface area (Å²) in [6.45, 7) is 9.82. The average Bonchev–Trinajstić information content (AvgIpc) is 2.81. The Morgan fingerprint density at radius 1 is 1.29 bits per heavy atom. The van der Waals surface area contributed by atoms with E-state index < -0.39 is 0 Å². The summed E-state index contributed by atoms with van der Waals surface area (Å²) in [5.74, 6) is 1.33. The number of rotatable bonds is 6. The second-order valence-corrected chi connectivity index (χ2v) is 5.23. The number of pyridine rings is 1. The fourth-order valence-electron chi connectivity index (χ4n) is 2.38. The maximum absolute atomic E-state index is 6.04. The van der Waals surface area contributed by atoms with Crippen LogP contribution in [0.1, 0.15) is 30.9 Å². The molecule has 0 radical (unpaired) electrons. The second kappa shape index (κ2) is 6.41. The minimum Gasteiger partial charge on any atom is -0.382 e. The lowest BCUT2D eigenvalue weighted by Gasteiger charge is -2.15. The third-order valence-electron chi connectivity index (χ3n) is 3.75. The van der Waals surface area contributed by atoms with Crippen molar-refractivity contribution in [2.45, 2.75) is 47.0 Å². The minimum atomic E-state index is 0.0804. The number of hydrogen-bond donors (Lipinski definition) is 1.